The largest absolute Gasteiger partial charge is 0.534 e. The van der Waals surface area contributed by atoms with E-state index in [-0.39, 0.29) is 23.7 Å². The first kappa shape index (κ1) is 20.2. The topological polar surface area (TPSA) is 143 Å². The Kier molecular flexibility index (Phi) is 6.18. The van der Waals surface area contributed by atoms with Gasteiger partial charge in [-0.25, -0.2) is 4.79 Å². The summed E-state index contributed by atoms with van der Waals surface area (Å²) in [7, 11) is 1.32. The number of methoxy groups -OCH3 is 1. The summed E-state index contributed by atoms with van der Waals surface area (Å²) in [5, 5.41) is 30.3. The van der Waals surface area contributed by atoms with Crippen molar-refractivity contribution in [1.29, 1.82) is 0 Å². The third-order valence-electron chi connectivity index (χ3n) is 3.50. The molecule has 1 heterocycles. The van der Waals surface area contributed by atoms with E-state index >= 15 is 0 Å². The third kappa shape index (κ3) is 4.36. The summed E-state index contributed by atoms with van der Waals surface area (Å²) in [6.45, 7) is 1.23. The molecule has 11 heteroatoms. The lowest BCUT2D eigenvalue weighted by atomic mass is 10.1. The van der Waals surface area contributed by atoms with Crippen LogP contribution in [0.2, 0.25) is 0 Å². The first-order chi connectivity index (χ1) is 13.3. The van der Waals surface area contributed by atoms with Gasteiger partial charge in [0.1, 0.15) is 12.7 Å². The molecule has 0 spiro atoms. The van der Waals surface area contributed by atoms with Gasteiger partial charge in [0.15, 0.2) is 11.5 Å². The zero-order chi connectivity index (χ0) is 20.8. The molecule has 0 aliphatic heterocycles. The summed E-state index contributed by atoms with van der Waals surface area (Å²) < 4.78 is 15.8. The molecule has 0 fully saturated rings. The normalized spacial score (nSPS) is 11.2. The second kappa shape index (κ2) is 8.54. The first-order valence-corrected chi connectivity index (χ1v) is 7.69. The van der Waals surface area contributed by atoms with Crippen LogP contribution in [0, 0.1) is 22.5 Å². The van der Waals surface area contributed by atoms with Gasteiger partial charge in [0, 0.05) is 12.1 Å². The SMILES string of the molecule is C#CCOc1cc([N+](=O)[O-])c(C(C)OC(=O)On2c(O)ccc2O)cc1OC. The van der Waals surface area contributed by atoms with E-state index in [1.165, 1.54) is 20.1 Å². The van der Waals surface area contributed by atoms with Crippen LogP contribution in [-0.2, 0) is 4.74 Å². The lowest BCUT2D eigenvalue weighted by molar-refractivity contribution is -0.386. The number of benzene rings is 1. The average Bonchev–Trinajstić information content (AvgIpc) is 2.97. The van der Waals surface area contributed by atoms with Crippen molar-refractivity contribution in [3.05, 3.63) is 39.9 Å². The predicted molar refractivity (Wildman–Crippen MR) is 93.2 cm³/mol. The summed E-state index contributed by atoms with van der Waals surface area (Å²) in [6.07, 6.45) is 2.64. The Labute approximate surface area is 158 Å². The van der Waals surface area contributed by atoms with E-state index < -0.39 is 34.6 Å². The van der Waals surface area contributed by atoms with Gasteiger partial charge in [-0.05, 0) is 13.0 Å². The molecule has 0 saturated heterocycles. The molecule has 148 valence electrons. The van der Waals surface area contributed by atoms with Crippen molar-refractivity contribution in [2.45, 2.75) is 13.0 Å². The molecule has 2 rings (SSSR count). The minimum atomic E-state index is -1.32. The summed E-state index contributed by atoms with van der Waals surface area (Å²) in [5.41, 5.74) is -0.410. The van der Waals surface area contributed by atoms with Gasteiger partial charge in [0.25, 0.3) is 5.69 Å². The number of carbonyl (C=O) groups is 1. The number of nitro benzene ring substituents is 1. The number of aromatic hydroxyl groups is 2. The van der Waals surface area contributed by atoms with Gasteiger partial charge in [-0.3, -0.25) is 15.0 Å². The zero-order valence-electron chi connectivity index (χ0n) is 14.8. The van der Waals surface area contributed by atoms with Gasteiger partial charge >= 0.3 is 6.16 Å². The van der Waals surface area contributed by atoms with Gasteiger partial charge in [-0.2, -0.15) is 0 Å². The molecular formula is C17H16N2O9. The molecule has 0 radical (unpaired) electrons. The fraction of sp³-hybridized carbons (Fsp3) is 0.235. The quantitative estimate of drug-likeness (QED) is 0.313. The number of nitrogens with zero attached hydrogens (tertiary/aromatic N) is 2. The fourth-order valence-corrected chi connectivity index (χ4v) is 2.24. The van der Waals surface area contributed by atoms with Crippen molar-refractivity contribution in [3.63, 3.8) is 0 Å². The van der Waals surface area contributed by atoms with Crippen molar-refractivity contribution in [2.24, 2.45) is 0 Å². The minimum absolute atomic E-state index is 0.00666. The summed E-state index contributed by atoms with van der Waals surface area (Å²) in [4.78, 5) is 27.3. The van der Waals surface area contributed by atoms with Crippen molar-refractivity contribution in [1.82, 2.24) is 4.73 Å². The highest BCUT2D eigenvalue weighted by Crippen LogP contribution is 2.38. The number of nitro groups is 1. The molecule has 0 bridgehead atoms. The van der Waals surface area contributed by atoms with Crippen molar-refractivity contribution >= 4 is 11.8 Å². The number of hydrogen-bond donors (Lipinski definition) is 2. The lowest BCUT2D eigenvalue weighted by Crippen LogP contribution is -2.21. The van der Waals surface area contributed by atoms with Gasteiger partial charge in [0.2, 0.25) is 11.8 Å². The number of ether oxygens (including phenoxy) is 3. The molecule has 0 aliphatic carbocycles. The first-order valence-electron chi connectivity index (χ1n) is 7.69. The number of aromatic nitrogens is 1. The van der Waals surface area contributed by atoms with Crippen LogP contribution in [0.4, 0.5) is 10.5 Å². The number of hydrogen-bond acceptors (Lipinski definition) is 9. The fourth-order valence-electron chi connectivity index (χ4n) is 2.24. The van der Waals surface area contributed by atoms with E-state index in [1.807, 2.05) is 0 Å². The highest BCUT2D eigenvalue weighted by atomic mass is 16.8. The second-order valence-electron chi connectivity index (χ2n) is 5.26. The molecule has 1 unspecified atom stereocenters. The van der Waals surface area contributed by atoms with E-state index in [0.717, 1.165) is 18.2 Å². The molecule has 2 aromatic rings. The molecule has 11 nitrogen and oxygen atoms in total. The maximum absolute atomic E-state index is 11.9. The second-order valence-corrected chi connectivity index (χ2v) is 5.26. The van der Waals surface area contributed by atoms with Crippen LogP contribution in [0.5, 0.6) is 23.3 Å². The maximum atomic E-state index is 11.9. The molecule has 0 amide bonds. The van der Waals surface area contributed by atoms with Crippen LogP contribution in [0.3, 0.4) is 0 Å². The lowest BCUT2D eigenvalue weighted by Gasteiger charge is -2.16. The number of rotatable bonds is 7. The Balaban J connectivity index is 2.28. The van der Waals surface area contributed by atoms with Crippen molar-refractivity contribution < 1.29 is 39.0 Å². The molecule has 2 N–H and O–H groups in total. The molecule has 1 aromatic heterocycles. The van der Waals surface area contributed by atoms with Crippen LogP contribution in [0.1, 0.15) is 18.6 Å². The van der Waals surface area contributed by atoms with E-state index in [4.69, 9.17) is 20.6 Å². The van der Waals surface area contributed by atoms with Crippen LogP contribution in [0.15, 0.2) is 24.3 Å². The predicted octanol–water partition coefficient (Wildman–Crippen LogP) is 2.15. The highest BCUT2D eigenvalue weighted by molar-refractivity contribution is 5.62. The summed E-state index contributed by atoms with van der Waals surface area (Å²) in [6, 6.07) is 4.53. The molecule has 1 atom stereocenters. The number of terminal acetylenes is 1. The highest BCUT2D eigenvalue weighted by Gasteiger charge is 2.27. The average molecular weight is 392 g/mol. The standard InChI is InChI=1S/C17H16N2O9/c1-4-7-26-14-9-12(19(23)24)11(8-13(14)25-3)10(2)27-17(22)28-18-15(20)5-6-16(18)21/h1,5-6,8-10,20-21H,7H2,2-3H3. The number of carbonyl (C=O) groups excluding carboxylic acids is 1. The Hall–Kier alpha value is -4.07. The Morgan fingerprint density at radius 2 is 1.96 bits per heavy atom. The summed E-state index contributed by atoms with van der Waals surface area (Å²) >= 11 is 0. The minimum Gasteiger partial charge on any atom is -0.493 e. The van der Waals surface area contributed by atoms with Crippen LogP contribution in [-0.4, -0.2) is 39.7 Å². The molecule has 0 saturated carbocycles. The molecule has 0 aliphatic rings. The molecule has 1 aromatic carbocycles. The van der Waals surface area contributed by atoms with Gasteiger partial charge < -0.3 is 24.4 Å². The third-order valence-corrected chi connectivity index (χ3v) is 3.50. The van der Waals surface area contributed by atoms with Gasteiger partial charge in [0.05, 0.1) is 23.7 Å². The molecular weight excluding hydrogens is 376 g/mol. The zero-order valence-corrected chi connectivity index (χ0v) is 14.8. The van der Waals surface area contributed by atoms with Gasteiger partial charge in [-0.1, -0.05) is 5.92 Å². The van der Waals surface area contributed by atoms with Crippen LogP contribution in [0.25, 0.3) is 0 Å². The van der Waals surface area contributed by atoms with Crippen LogP contribution < -0.4 is 14.3 Å². The smallest absolute Gasteiger partial charge is 0.493 e. The van der Waals surface area contributed by atoms with E-state index in [2.05, 4.69) is 10.8 Å². The van der Waals surface area contributed by atoms with E-state index in [9.17, 15) is 25.1 Å². The Morgan fingerprint density at radius 3 is 2.50 bits per heavy atom. The van der Waals surface area contributed by atoms with E-state index in [0.29, 0.717) is 4.73 Å². The maximum Gasteiger partial charge on any atom is 0.534 e. The monoisotopic (exact) mass is 392 g/mol. The van der Waals surface area contributed by atoms with Gasteiger partial charge in [-0.15, -0.1) is 11.2 Å². The van der Waals surface area contributed by atoms with Crippen LogP contribution >= 0.6 is 0 Å². The summed E-state index contributed by atoms with van der Waals surface area (Å²) in [5.74, 6) is 1.32. The van der Waals surface area contributed by atoms with Crippen molar-refractivity contribution in [3.8, 4) is 35.6 Å². The molecule has 28 heavy (non-hydrogen) atoms. The van der Waals surface area contributed by atoms with E-state index in [1.54, 1.807) is 0 Å². The Bertz CT molecular complexity index is 910. The van der Waals surface area contributed by atoms with Crippen molar-refractivity contribution in [2.75, 3.05) is 13.7 Å². The Morgan fingerprint density at radius 1 is 1.32 bits per heavy atom.